The molecule has 2 N–H and O–H groups in total. The molecule has 1 aliphatic rings. The number of carbonyl (C=O) groups excluding carboxylic acids is 2. The molecule has 0 saturated heterocycles. The standard InChI is InChI=1S/C29H26N2O5S/c32-19-20-10-13-25-26(14-15-36-28(25)16-20)30-29(33)18-27(22-7-2-1-3-8-22)31-37(34,35)24-12-11-21-6-4-5-9-23(21)17-24/h1-13,16-17,19,26-27,31H,14-15,18H2,(H,30,33)/t26?,27-/m1/s1. The topological polar surface area (TPSA) is 102 Å². The van der Waals surface area contributed by atoms with Gasteiger partial charge in [0.15, 0.2) is 0 Å². The first-order valence-corrected chi connectivity index (χ1v) is 13.5. The van der Waals surface area contributed by atoms with Crippen LogP contribution in [0.3, 0.4) is 0 Å². The summed E-state index contributed by atoms with van der Waals surface area (Å²) in [4.78, 5) is 24.4. The van der Waals surface area contributed by atoms with Gasteiger partial charge < -0.3 is 10.1 Å². The smallest absolute Gasteiger partial charge is 0.241 e. The monoisotopic (exact) mass is 514 g/mol. The molecule has 0 saturated carbocycles. The fraction of sp³-hybridized carbons (Fsp3) is 0.172. The van der Waals surface area contributed by atoms with Gasteiger partial charge in [0, 0.05) is 24.0 Å². The molecule has 5 rings (SSSR count). The number of fused-ring (bicyclic) bond motifs is 2. The van der Waals surface area contributed by atoms with Gasteiger partial charge in [0.05, 0.1) is 23.6 Å². The molecule has 4 aromatic rings. The molecule has 0 spiro atoms. The number of nitrogens with one attached hydrogen (secondary N) is 2. The van der Waals surface area contributed by atoms with Crippen molar-refractivity contribution in [1.82, 2.24) is 10.0 Å². The fourth-order valence-corrected chi connectivity index (χ4v) is 5.83. The van der Waals surface area contributed by atoms with Crippen molar-refractivity contribution in [2.24, 2.45) is 0 Å². The molecule has 37 heavy (non-hydrogen) atoms. The first-order chi connectivity index (χ1) is 17.9. The zero-order valence-corrected chi connectivity index (χ0v) is 20.8. The Labute approximate surface area is 215 Å². The van der Waals surface area contributed by atoms with Crippen LogP contribution in [-0.4, -0.2) is 27.2 Å². The van der Waals surface area contributed by atoms with Gasteiger partial charge in [0.1, 0.15) is 12.0 Å². The lowest BCUT2D eigenvalue weighted by atomic mass is 9.98. The Bertz CT molecular complexity index is 1550. The summed E-state index contributed by atoms with van der Waals surface area (Å²) >= 11 is 0. The minimum absolute atomic E-state index is 0.0874. The summed E-state index contributed by atoms with van der Waals surface area (Å²) in [5, 5.41) is 4.78. The summed E-state index contributed by atoms with van der Waals surface area (Å²) in [5.41, 5.74) is 1.97. The van der Waals surface area contributed by atoms with Gasteiger partial charge in [-0.05, 0) is 34.5 Å². The molecule has 0 fully saturated rings. The van der Waals surface area contributed by atoms with Crippen LogP contribution in [0.4, 0.5) is 0 Å². The van der Waals surface area contributed by atoms with Crippen molar-refractivity contribution in [1.29, 1.82) is 0 Å². The molecule has 0 aromatic heterocycles. The van der Waals surface area contributed by atoms with E-state index in [2.05, 4.69) is 10.0 Å². The zero-order valence-electron chi connectivity index (χ0n) is 20.0. The molecule has 1 aliphatic heterocycles. The van der Waals surface area contributed by atoms with Gasteiger partial charge in [-0.2, -0.15) is 0 Å². The van der Waals surface area contributed by atoms with Crippen LogP contribution in [0.25, 0.3) is 10.8 Å². The highest BCUT2D eigenvalue weighted by atomic mass is 32.2. The maximum atomic E-state index is 13.4. The Kier molecular flexibility index (Phi) is 7.03. The number of carbonyl (C=O) groups is 2. The normalized spacial score (nSPS) is 15.8. The summed E-state index contributed by atoms with van der Waals surface area (Å²) < 4.78 is 35.1. The number of benzene rings is 4. The lowest BCUT2D eigenvalue weighted by Crippen LogP contribution is -2.36. The van der Waals surface area contributed by atoms with E-state index in [1.807, 2.05) is 42.5 Å². The van der Waals surface area contributed by atoms with Crippen molar-refractivity contribution in [3.8, 4) is 5.75 Å². The Morgan fingerprint density at radius 2 is 1.70 bits per heavy atom. The van der Waals surface area contributed by atoms with Gasteiger partial charge >= 0.3 is 0 Å². The van der Waals surface area contributed by atoms with Crippen molar-refractivity contribution >= 4 is 33.0 Å². The summed E-state index contributed by atoms with van der Waals surface area (Å²) in [6, 6.07) is 25.6. The first kappa shape index (κ1) is 24.7. The van der Waals surface area contributed by atoms with Gasteiger partial charge in [-0.15, -0.1) is 0 Å². The zero-order chi connectivity index (χ0) is 25.8. The Morgan fingerprint density at radius 1 is 0.946 bits per heavy atom. The molecule has 4 aromatic carbocycles. The molecule has 8 heteroatoms. The van der Waals surface area contributed by atoms with Gasteiger partial charge in [0.2, 0.25) is 15.9 Å². The summed E-state index contributed by atoms with van der Waals surface area (Å²) in [5.74, 6) is 0.269. The lowest BCUT2D eigenvalue weighted by Gasteiger charge is -2.28. The highest BCUT2D eigenvalue weighted by molar-refractivity contribution is 7.89. The van der Waals surface area contributed by atoms with E-state index in [4.69, 9.17) is 4.74 Å². The van der Waals surface area contributed by atoms with E-state index >= 15 is 0 Å². The molecule has 188 valence electrons. The molecule has 2 atom stereocenters. The second-order valence-electron chi connectivity index (χ2n) is 8.97. The molecule has 1 heterocycles. The van der Waals surface area contributed by atoms with Crippen LogP contribution in [0.1, 0.15) is 46.4 Å². The predicted octanol–water partition coefficient (Wildman–Crippen LogP) is 4.70. The van der Waals surface area contributed by atoms with E-state index in [0.717, 1.165) is 22.6 Å². The van der Waals surface area contributed by atoms with Crippen molar-refractivity contribution in [3.05, 3.63) is 108 Å². The van der Waals surface area contributed by atoms with Crippen molar-refractivity contribution in [3.63, 3.8) is 0 Å². The third-order valence-corrected chi connectivity index (χ3v) is 7.94. The number of hydrogen-bond acceptors (Lipinski definition) is 5. The van der Waals surface area contributed by atoms with E-state index in [9.17, 15) is 18.0 Å². The Morgan fingerprint density at radius 3 is 2.49 bits per heavy atom. The largest absolute Gasteiger partial charge is 0.493 e. The highest BCUT2D eigenvalue weighted by Gasteiger charge is 2.27. The average Bonchev–Trinajstić information content (AvgIpc) is 2.92. The average molecular weight is 515 g/mol. The van der Waals surface area contributed by atoms with Crippen molar-refractivity contribution < 1.29 is 22.7 Å². The molecule has 7 nitrogen and oxygen atoms in total. The summed E-state index contributed by atoms with van der Waals surface area (Å²) in [7, 11) is -3.92. The van der Waals surface area contributed by atoms with Gasteiger partial charge in [-0.1, -0.05) is 72.8 Å². The number of aldehydes is 1. The fourth-order valence-electron chi connectivity index (χ4n) is 4.57. The Hall–Kier alpha value is -4.01. The van der Waals surface area contributed by atoms with Crippen LogP contribution in [0.5, 0.6) is 5.75 Å². The molecule has 1 unspecified atom stereocenters. The van der Waals surface area contributed by atoms with Gasteiger partial charge in [-0.3, -0.25) is 9.59 Å². The van der Waals surface area contributed by atoms with Crippen molar-refractivity contribution in [2.75, 3.05) is 6.61 Å². The molecular formula is C29H26N2O5S. The quantitative estimate of drug-likeness (QED) is 0.332. The Balaban J connectivity index is 1.37. The van der Waals surface area contributed by atoms with Crippen molar-refractivity contribution in [2.45, 2.75) is 29.8 Å². The van der Waals surface area contributed by atoms with Crippen LogP contribution in [0.15, 0.2) is 95.9 Å². The molecule has 1 amide bonds. The van der Waals surface area contributed by atoms with Gasteiger partial charge in [-0.25, -0.2) is 13.1 Å². The molecule has 0 aliphatic carbocycles. The number of hydrogen-bond donors (Lipinski definition) is 2. The predicted molar refractivity (Wildman–Crippen MR) is 141 cm³/mol. The molecule has 0 bridgehead atoms. The minimum Gasteiger partial charge on any atom is -0.493 e. The number of sulfonamides is 1. The van der Waals surface area contributed by atoms with E-state index < -0.39 is 16.1 Å². The lowest BCUT2D eigenvalue weighted by molar-refractivity contribution is -0.122. The number of rotatable bonds is 8. The van der Waals surface area contributed by atoms with E-state index in [-0.39, 0.29) is 23.3 Å². The SMILES string of the molecule is O=Cc1ccc2c(c1)OCCC2NC(=O)C[C@@H](NS(=O)(=O)c1ccc2ccccc2c1)c1ccccc1. The first-order valence-electron chi connectivity index (χ1n) is 12.0. The van der Waals surface area contributed by atoms with E-state index in [0.29, 0.717) is 29.9 Å². The second-order valence-corrected chi connectivity index (χ2v) is 10.7. The molecular weight excluding hydrogens is 488 g/mol. The maximum Gasteiger partial charge on any atom is 0.241 e. The van der Waals surface area contributed by atoms with Crippen LogP contribution < -0.4 is 14.8 Å². The summed E-state index contributed by atoms with van der Waals surface area (Å²) in [6.07, 6.45) is 1.23. The van der Waals surface area contributed by atoms with Crippen LogP contribution in [0.2, 0.25) is 0 Å². The molecule has 0 radical (unpaired) electrons. The number of ether oxygens (including phenoxy) is 1. The maximum absolute atomic E-state index is 13.4. The minimum atomic E-state index is -3.92. The van der Waals surface area contributed by atoms with Gasteiger partial charge in [0.25, 0.3) is 0 Å². The van der Waals surface area contributed by atoms with E-state index in [1.165, 1.54) is 0 Å². The van der Waals surface area contributed by atoms with Crippen LogP contribution >= 0.6 is 0 Å². The summed E-state index contributed by atoms with van der Waals surface area (Å²) in [6.45, 7) is 0.400. The number of amides is 1. The van der Waals surface area contributed by atoms with Crippen LogP contribution in [0, 0.1) is 0 Å². The highest BCUT2D eigenvalue weighted by Crippen LogP contribution is 2.33. The third-order valence-electron chi connectivity index (χ3n) is 6.47. The van der Waals surface area contributed by atoms with Crippen LogP contribution in [-0.2, 0) is 14.8 Å². The van der Waals surface area contributed by atoms with E-state index in [1.54, 1.807) is 48.5 Å². The third kappa shape index (κ3) is 5.55. The second kappa shape index (κ2) is 10.5.